The molecule has 0 aromatic heterocycles. The van der Waals surface area contributed by atoms with Crippen LogP contribution in [0.1, 0.15) is 12.0 Å². The minimum Gasteiger partial charge on any atom is -0.363 e. The van der Waals surface area contributed by atoms with Gasteiger partial charge in [-0.25, -0.2) is 0 Å². The van der Waals surface area contributed by atoms with E-state index in [-0.39, 0.29) is 16.3 Å². The number of anilines is 1. The Morgan fingerprint density at radius 3 is 2.58 bits per heavy atom. The molecule has 0 fully saturated rings. The van der Waals surface area contributed by atoms with Crippen molar-refractivity contribution in [3.05, 3.63) is 40.9 Å². The summed E-state index contributed by atoms with van der Waals surface area (Å²) in [6.07, 6.45) is -8.30. The summed E-state index contributed by atoms with van der Waals surface area (Å²) in [5, 5.41) is 2.86. The van der Waals surface area contributed by atoms with E-state index in [9.17, 15) is 26.3 Å². The van der Waals surface area contributed by atoms with E-state index in [4.69, 9.17) is 16.3 Å². The smallest absolute Gasteiger partial charge is 0.363 e. The van der Waals surface area contributed by atoms with Crippen molar-refractivity contribution >= 4 is 23.5 Å². The van der Waals surface area contributed by atoms with Gasteiger partial charge in [0.15, 0.2) is 0 Å². The zero-order valence-corrected chi connectivity index (χ0v) is 13.8. The lowest BCUT2D eigenvalue weighted by atomic mass is 9.74. The van der Waals surface area contributed by atoms with E-state index in [0.717, 1.165) is 6.07 Å². The molecular formula is C16H13ClF6N2O. The minimum atomic E-state index is -5.00. The Labute approximate surface area is 149 Å². The Balaban J connectivity index is 2.13. The minimum absolute atomic E-state index is 0.0142. The van der Waals surface area contributed by atoms with E-state index in [0.29, 0.717) is 0 Å². The number of rotatable bonds is 3. The third-order valence-electron chi connectivity index (χ3n) is 4.28. The van der Waals surface area contributed by atoms with Crippen molar-refractivity contribution in [2.75, 3.05) is 11.9 Å². The highest BCUT2D eigenvalue weighted by Gasteiger charge is 2.66. The quantitative estimate of drug-likeness (QED) is 0.721. The summed E-state index contributed by atoms with van der Waals surface area (Å²) in [6.45, 7) is -1.14. The molecule has 0 aliphatic carbocycles. The van der Waals surface area contributed by atoms with Gasteiger partial charge in [-0.1, -0.05) is 17.7 Å². The maximum Gasteiger partial charge on any atom is 0.422 e. The predicted molar refractivity (Wildman–Crippen MR) is 84.3 cm³/mol. The Morgan fingerprint density at radius 2 is 1.92 bits per heavy atom. The molecule has 10 heteroatoms. The molecule has 0 radical (unpaired) electrons. The van der Waals surface area contributed by atoms with Gasteiger partial charge in [-0.15, -0.1) is 0 Å². The Kier molecular flexibility index (Phi) is 4.72. The summed E-state index contributed by atoms with van der Waals surface area (Å²) in [5.74, 6) is -1.38. The van der Waals surface area contributed by atoms with Gasteiger partial charge in [0.05, 0.1) is 18.9 Å². The monoisotopic (exact) mass is 398 g/mol. The van der Waals surface area contributed by atoms with E-state index in [1.165, 1.54) is 30.5 Å². The van der Waals surface area contributed by atoms with Crippen LogP contribution in [-0.4, -0.2) is 31.3 Å². The van der Waals surface area contributed by atoms with Crippen LogP contribution in [0.4, 0.5) is 32.0 Å². The van der Waals surface area contributed by atoms with Gasteiger partial charge in [0, 0.05) is 22.5 Å². The Morgan fingerprint density at radius 1 is 1.19 bits per heavy atom. The highest BCUT2D eigenvalue weighted by atomic mass is 35.5. The molecule has 2 aliphatic rings. The largest absolute Gasteiger partial charge is 0.422 e. The summed E-state index contributed by atoms with van der Waals surface area (Å²) in [4.78, 5) is 3.98. The number of benzene rings is 1. The molecule has 0 amide bonds. The van der Waals surface area contributed by atoms with E-state index in [1.807, 2.05) is 0 Å². The standard InChI is InChI=1S/C16H13ClF6N2O/c17-9-3-4-12-11(8-9)15(16(21,22)23,26-7-5-14(18,19)20)10-2-1-6-24-13(10)25-12/h1-4,6,8,10,13,25H,5,7H2. The second kappa shape index (κ2) is 6.45. The van der Waals surface area contributed by atoms with Gasteiger partial charge in [-0.3, -0.25) is 4.99 Å². The number of hydrogen-bond donors (Lipinski definition) is 1. The van der Waals surface area contributed by atoms with Crippen LogP contribution in [0.5, 0.6) is 0 Å². The van der Waals surface area contributed by atoms with Crippen molar-refractivity contribution in [3.8, 4) is 0 Å². The van der Waals surface area contributed by atoms with Crippen LogP contribution in [0.25, 0.3) is 0 Å². The normalized spacial score (nSPS) is 27.7. The van der Waals surface area contributed by atoms with E-state index < -0.39 is 43.1 Å². The van der Waals surface area contributed by atoms with Gasteiger partial charge in [0.1, 0.15) is 6.17 Å². The molecule has 26 heavy (non-hydrogen) atoms. The molecule has 3 unspecified atom stereocenters. The fourth-order valence-electron chi connectivity index (χ4n) is 3.21. The molecule has 1 aromatic rings. The van der Waals surface area contributed by atoms with E-state index in [2.05, 4.69) is 10.3 Å². The fourth-order valence-corrected chi connectivity index (χ4v) is 3.38. The Hall–Kier alpha value is -1.74. The van der Waals surface area contributed by atoms with Gasteiger partial charge < -0.3 is 10.1 Å². The van der Waals surface area contributed by atoms with Crippen LogP contribution >= 0.6 is 11.6 Å². The number of allylic oxidation sites excluding steroid dienone is 1. The molecule has 0 spiro atoms. The van der Waals surface area contributed by atoms with Crippen molar-refractivity contribution in [3.63, 3.8) is 0 Å². The van der Waals surface area contributed by atoms with Crippen LogP contribution in [0.3, 0.4) is 0 Å². The maximum atomic E-state index is 14.2. The molecule has 0 saturated carbocycles. The number of halogens is 7. The van der Waals surface area contributed by atoms with Crippen molar-refractivity contribution in [1.82, 2.24) is 0 Å². The molecule has 3 rings (SSSR count). The molecule has 0 saturated heterocycles. The second-order valence-corrected chi connectivity index (χ2v) is 6.37. The molecule has 2 aliphatic heterocycles. The maximum absolute atomic E-state index is 14.2. The lowest BCUT2D eigenvalue weighted by Crippen LogP contribution is -2.58. The number of nitrogens with one attached hydrogen (secondary N) is 1. The molecule has 142 valence electrons. The molecule has 1 aromatic carbocycles. The van der Waals surface area contributed by atoms with Gasteiger partial charge in [0.2, 0.25) is 5.60 Å². The van der Waals surface area contributed by atoms with Crippen LogP contribution in [0.15, 0.2) is 35.3 Å². The lowest BCUT2D eigenvalue weighted by Gasteiger charge is -2.48. The lowest BCUT2D eigenvalue weighted by molar-refractivity contribution is -0.307. The van der Waals surface area contributed by atoms with Crippen molar-refractivity contribution < 1.29 is 31.1 Å². The average Bonchev–Trinajstić information content (AvgIpc) is 2.52. The molecular weight excluding hydrogens is 386 g/mol. The first-order valence-electron chi connectivity index (χ1n) is 7.58. The van der Waals surface area contributed by atoms with Crippen LogP contribution in [0, 0.1) is 5.92 Å². The summed E-state index contributed by atoms with van der Waals surface area (Å²) in [5.41, 5.74) is -3.29. The molecule has 3 atom stereocenters. The van der Waals surface area contributed by atoms with E-state index >= 15 is 0 Å². The Bertz CT molecular complexity index is 745. The molecule has 2 heterocycles. The second-order valence-electron chi connectivity index (χ2n) is 5.93. The van der Waals surface area contributed by atoms with Gasteiger partial charge in [0.25, 0.3) is 0 Å². The average molecular weight is 399 g/mol. The number of ether oxygens (including phenoxy) is 1. The number of dihydropyridines is 1. The zero-order chi connectivity index (χ0) is 19.2. The summed E-state index contributed by atoms with van der Waals surface area (Å²) in [6, 6.07) is 3.77. The number of nitrogens with zero attached hydrogens (tertiary/aromatic N) is 1. The van der Waals surface area contributed by atoms with Crippen LogP contribution in [-0.2, 0) is 10.3 Å². The number of hydrogen-bond acceptors (Lipinski definition) is 3. The first kappa shape index (κ1) is 19.0. The first-order valence-corrected chi connectivity index (χ1v) is 7.96. The summed E-state index contributed by atoms with van der Waals surface area (Å²) in [7, 11) is 0. The van der Waals surface area contributed by atoms with Gasteiger partial charge >= 0.3 is 12.4 Å². The molecule has 1 N–H and O–H groups in total. The third-order valence-corrected chi connectivity index (χ3v) is 4.52. The predicted octanol–water partition coefficient (Wildman–Crippen LogP) is 5.08. The van der Waals surface area contributed by atoms with Crippen LogP contribution < -0.4 is 5.32 Å². The molecule has 3 nitrogen and oxygen atoms in total. The van der Waals surface area contributed by atoms with Crippen molar-refractivity contribution in [2.45, 2.75) is 30.5 Å². The van der Waals surface area contributed by atoms with E-state index in [1.54, 1.807) is 0 Å². The SMILES string of the molecule is FC(F)(F)CCOC1(C(F)(F)F)c2cc(Cl)ccc2NC2N=CC=CC21. The molecule has 0 bridgehead atoms. The highest BCUT2D eigenvalue weighted by molar-refractivity contribution is 6.30. The number of alkyl halides is 6. The van der Waals surface area contributed by atoms with Gasteiger partial charge in [-0.2, -0.15) is 26.3 Å². The summed E-state index contributed by atoms with van der Waals surface area (Å²) < 4.78 is 85.2. The third kappa shape index (κ3) is 3.29. The van der Waals surface area contributed by atoms with Crippen molar-refractivity contribution in [1.29, 1.82) is 0 Å². The topological polar surface area (TPSA) is 33.6 Å². The van der Waals surface area contributed by atoms with Crippen LogP contribution in [0.2, 0.25) is 5.02 Å². The fraction of sp³-hybridized carbons (Fsp3) is 0.438. The highest BCUT2D eigenvalue weighted by Crippen LogP contribution is 2.55. The zero-order valence-electron chi connectivity index (χ0n) is 13.0. The van der Waals surface area contributed by atoms with Gasteiger partial charge in [-0.05, 0) is 24.3 Å². The first-order chi connectivity index (χ1) is 12.0. The number of fused-ring (bicyclic) bond motifs is 2. The van der Waals surface area contributed by atoms with Crippen molar-refractivity contribution in [2.24, 2.45) is 10.9 Å². The number of aliphatic imine (C=N–C) groups is 1. The summed E-state index contributed by atoms with van der Waals surface area (Å²) >= 11 is 5.86.